The standard InChI is InChI=1S/C24H26N2O2/c1-2-28-24(27)18-11-12-21-20(15-18)19-9-6-10-22-23(19)26(21)14-13-25(22)16-17-7-4-3-5-8-17/h3-5,7-8,11-12,15,22H,2,6,9-10,13-14,16H2,1H3/p+1/t22-/m0/s1. The molecule has 1 aliphatic heterocycles. The number of nitrogens with zero attached hydrogens (tertiary/aromatic N) is 1. The zero-order valence-corrected chi connectivity index (χ0v) is 16.4. The summed E-state index contributed by atoms with van der Waals surface area (Å²) < 4.78 is 7.75. The second kappa shape index (κ2) is 7.10. The summed E-state index contributed by atoms with van der Waals surface area (Å²) in [5.41, 5.74) is 6.34. The maximum absolute atomic E-state index is 12.2. The fraction of sp³-hybridized carbons (Fsp3) is 0.375. The van der Waals surface area contributed by atoms with Crippen molar-refractivity contribution in [2.45, 2.75) is 45.3 Å². The van der Waals surface area contributed by atoms with Gasteiger partial charge >= 0.3 is 5.97 Å². The molecule has 2 atom stereocenters. The van der Waals surface area contributed by atoms with E-state index in [1.165, 1.54) is 40.6 Å². The summed E-state index contributed by atoms with van der Waals surface area (Å²) in [6.45, 7) is 5.54. The van der Waals surface area contributed by atoms with Crippen LogP contribution in [0.15, 0.2) is 48.5 Å². The molecule has 3 aromatic rings. The number of carbonyl (C=O) groups is 1. The predicted molar refractivity (Wildman–Crippen MR) is 110 cm³/mol. The van der Waals surface area contributed by atoms with E-state index in [1.807, 2.05) is 13.0 Å². The number of aromatic nitrogens is 1. The summed E-state index contributed by atoms with van der Waals surface area (Å²) in [4.78, 5) is 13.9. The molecule has 1 N–H and O–H groups in total. The van der Waals surface area contributed by atoms with Gasteiger partial charge in [0.25, 0.3) is 0 Å². The molecule has 0 amide bonds. The zero-order chi connectivity index (χ0) is 19.1. The van der Waals surface area contributed by atoms with Crippen molar-refractivity contribution in [1.82, 2.24) is 4.57 Å². The predicted octanol–water partition coefficient (Wildman–Crippen LogP) is 3.29. The first kappa shape index (κ1) is 17.5. The minimum Gasteiger partial charge on any atom is -0.462 e. The lowest BCUT2D eigenvalue weighted by Gasteiger charge is -2.37. The lowest BCUT2D eigenvalue weighted by Crippen LogP contribution is -3.12. The number of hydrogen-bond acceptors (Lipinski definition) is 2. The van der Waals surface area contributed by atoms with Crippen LogP contribution in [0.25, 0.3) is 10.9 Å². The number of hydrogen-bond donors (Lipinski definition) is 1. The molecule has 28 heavy (non-hydrogen) atoms. The highest BCUT2D eigenvalue weighted by molar-refractivity contribution is 5.96. The molecule has 2 aliphatic rings. The number of nitrogens with one attached hydrogen (secondary N) is 1. The van der Waals surface area contributed by atoms with Crippen molar-refractivity contribution < 1.29 is 14.4 Å². The number of esters is 1. The van der Waals surface area contributed by atoms with Crippen LogP contribution >= 0.6 is 0 Å². The van der Waals surface area contributed by atoms with Crippen molar-refractivity contribution in [3.8, 4) is 0 Å². The first-order valence-electron chi connectivity index (χ1n) is 10.5. The van der Waals surface area contributed by atoms with Gasteiger partial charge in [-0.05, 0) is 43.5 Å². The third-order valence-electron chi connectivity index (χ3n) is 6.40. The van der Waals surface area contributed by atoms with Crippen molar-refractivity contribution in [2.75, 3.05) is 13.2 Å². The van der Waals surface area contributed by atoms with Crippen LogP contribution in [0.1, 0.15) is 53.0 Å². The van der Waals surface area contributed by atoms with Crippen LogP contribution in [0.2, 0.25) is 0 Å². The Balaban J connectivity index is 1.55. The van der Waals surface area contributed by atoms with Gasteiger partial charge in [-0.15, -0.1) is 0 Å². The Morgan fingerprint density at radius 3 is 2.89 bits per heavy atom. The van der Waals surface area contributed by atoms with E-state index in [0.29, 0.717) is 18.2 Å². The molecule has 0 saturated heterocycles. The molecule has 2 aromatic carbocycles. The Kier molecular flexibility index (Phi) is 4.44. The third-order valence-corrected chi connectivity index (χ3v) is 6.40. The van der Waals surface area contributed by atoms with E-state index in [-0.39, 0.29) is 5.97 Å². The van der Waals surface area contributed by atoms with Gasteiger partial charge < -0.3 is 14.2 Å². The van der Waals surface area contributed by atoms with Crippen molar-refractivity contribution in [3.05, 3.63) is 70.9 Å². The van der Waals surface area contributed by atoms with Crippen LogP contribution in [0.4, 0.5) is 0 Å². The van der Waals surface area contributed by atoms with Crippen molar-refractivity contribution >= 4 is 16.9 Å². The summed E-state index contributed by atoms with van der Waals surface area (Å²) >= 11 is 0. The Labute approximate surface area is 165 Å². The molecule has 5 rings (SSSR count). The molecule has 0 saturated carbocycles. The van der Waals surface area contributed by atoms with Crippen molar-refractivity contribution in [3.63, 3.8) is 0 Å². The van der Waals surface area contributed by atoms with Gasteiger partial charge in [0.1, 0.15) is 12.6 Å². The van der Waals surface area contributed by atoms with Gasteiger partial charge in [0.15, 0.2) is 0 Å². The smallest absolute Gasteiger partial charge is 0.338 e. The quantitative estimate of drug-likeness (QED) is 0.711. The third kappa shape index (κ3) is 2.83. The number of ether oxygens (including phenoxy) is 1. The molecular formula is C24H27N2O2+. The number of benzene rings is 2. The van der Waals surface area contributed by atoms with Crippen LogP contribution in [0.3, 0.4) is 0 Å². The van der Waals surface area contributed by atoms with Crippen molar-refractivity contribution in [2.24, 2.45) is 0 Å². The summed E-state index contributed by atoms with van der Waals surface area (Å²) in [5.74, 6) is -0.218. The largest absolute Gasteiger partial charge is 0.462 e. The first-order chi connectivity index (χ1) is 13.8. The molecule has 4 nitrogen and oxygen atoms in total. The van der Waals surface area contributed by atoms with E-state index >= 15 is 0 Å². The molecule has 144 valence electrons. The van der Waals surface area contributed by atoms with Gasteiger partial charge in [-0.1, -0.05) is 30.3 Å². The molecule has 0 radical (unpaired) electrons. The van der Waals surface area contributed by atoms with Gasteiger partial charge in [-0.3, -0.25) is 0 Å². The maximum Gasteiger partial charge on any atom is 0.338 e. The SMILES string of the molecule is CCOC(=O)c1ccc2c(c1)c1c3n2CC[NH+](Cc2ccccc2)[C@H]3CCC1. The Bertz CT molecular complexity index is 1020. The van der Waals surface area contributed by atoms with Crippen LogP contribution in [-0.4, -0.2) is 23.7 Å². The minimum absolute atomic E-state index is 0.218. The second-order valence-corrected chi connectivity index (χ2v) is 7.98. The van der Waals surface area contributed by atoms with Gasteiger partial charge in [0.05, 0.1) is 31.0 Å². The topological polar surface area (TPSA) is 35.7 Å². The molecule has 0 spiro atoms. The number of fused-ring (bicyclic) bond motifs is 3. The summed E-state index contributed by atoms with van der Waals surface area (Å²) in [7, 11) is 0. The van der Waals surface area contributed by atoms with Crippen LogP contribution in [0, 0.1) is 0 Å². The van der Waals surface area contributed by atoms with Gasteiger partial charge in [0.2, 0.25) is 0 Å². The van der Waals surface area contributed by atoms with E-state index in [1.54, 1.807) is 4.90 Å². The second-order valence-electron chi connectivity index (χ2n) is 7.98. The summed E-state index contributed by atoms with van der Waals surface area (Å²) in [5, 5.41) is 1.26. The zero-order valence-electron chi connectivity index (χ0n) is 16.4. The number of quaternary nitrogens is 1. The first-order valence-corrected chi connectivity index (χ1v) is 10.5. The van der Waals surface area contributed by atoms with Crippen LogP contribution in [-0.2, 0) is 24.2 Å². The maximum atomic E-state index is 12.2. The molecule has 4 heteroatoms. The highest BCUT2D eigenvalue weighted by Gasteiger charge is 2.37. The average molecular weight is 375 g/mol. The monoisotopic (exact) mass is 375 g/mol. The Morgan fingerprint density at radius 2 is 2.07 bits per heavy atom. The van der Waals surface area contributed by atoms with Crippen LogP contribution < -0.4 is 4.90 Å². The van der Waals surface area contributed by atoms with Gasteiger partial charge in [-0.2, -0.15) is 0 Å². The number of carbonyl (C=O) groups excluding carboxylic acids is 1. The van der Waals surface area contributed by atoms with E-state index in [0.717, 1.165) is 26.1 Å². The average Bonchev–Trinajstić information content (AvgIpc) is 3.06. The summed E-state index contributed by atoms with van der Waals surface area (Å²) in [6, 6.07) is 17.5. The fourth-order valence-corrected chi connectivity index (χ4v) is 5.20. The molecule has 0 bridgehead atoms. The Morgan fingerprint density at radius 1 is 1.21 bits per heavy atom. The number of rotatable bonds is 4. The minimum atomic E-state index is -0.218. The van der Waals surface area contributed by atoms with E-state index in [9.17, 15) is 4.79 Å². The van der Waals surface area contributed by atoms with E-state index in [2.05, 4.69) is 47.0 Å². The fourth-order valence-electron chi connectivity index (χ4n) is 5.20. The highest BCUT2D eigenvalue weighted by Crippen LogP contribution is 2.38. The van der Waals surface area contributed by atoms with E-state index < -0.39 is 0 Å². The van der Waals surface area contributed by atoms with Gasteiger partial charge in [-0.25, -0.2) is 4.79 Å². The van der Waals surface area contributed by atoms with E-state index in [4.69, 9.17) is 4.74 Å². The number of aryl methyl sites for hydroxylation is 1. The Hall–Kier alpha value is -2.59. The van der Waals surface area contributed by atoms with Gasteiger partial charge in [0, 0.05) is 22.9 Å². The molecule has 2 heterocycles. The lowest BCUT2D eigenvalue weighted by molar-refractivity contribution is -0.950. The lowest BCUT2D eigenvalue weighted by atomic mass is 9.89. The molecule has 1 aromatic heterocycles. The highest BCUT2D eigenvalue weighted by atomic mass is 16.5. The molecular weight excluding hydrogens is 348 g/mol. The molecule has 0 fully saturated rings. The van der Waals surface area contributed by atoms with Crippen molar-refractivity contribution in [1.29, 1.82) is 0 Å². The molecule has 1 aliphatic carbocycles. The summed E-state index contributed by atoms with van der Waals surface area (Å²) in [6.07, 6.45) is 3.58. The molecule has 1 unspecified atom stereocenters. The van der Waals surface area contributed by atoms with Crippen LogP contribution in [0.5, 0.6) is 0 Å². The normalized spacial score (nSPS) is 20.8.